The molecule has 3 aromatic rings. The van der Waals surface area contributed by atoms with Crippen molar-refractivity contribution in [3.8, 4) is 0 Å². The molecule has 1 atom stereocenters. The highest BCUT2D eigenvalue weighted by Crippen LogP contribution is 2.29. The van der Waals surface area contributed by atoms with Gasteiger partial charge in [-0.1, -0.05) is 73.7 Å². The van der Waals surface area contributed by atoms with Gasteiger partial charge in [0.2, 0.25) is 11.8 Å². The third kappa shape index (κ3) is 8.02. The fourth-order valence-electron chi connectivity index (χ4n) is 5.69. The van der Waals surface area contributed by atoms with Crippen molar-refractivity contribution in [3.63, 3.8) is 0 Å². The zero-order chi connectivity index (χ0) is 31.1. The molecule has 0 spiro atoms. The molecule has 1 saturated carbocycles. The summed E-state index contributed by atoms with van der Waals surface area (Å²) in [7, 11) is -4.15. The summed E-state index contributed by atoms with van der Waals surface area (Å²) in [6.07, 6.45) is 5.35. The van der Waals surface area contributed by atoms with E-state index in [0.29, 0.717) is 23.2 Å². The molecule has 2 amide bonds. The van der Waals surface area contributed by atoms with Crippen LogP contribution in [0.3, 0.4) is 0 Å². The normalized spacial score (nSPS) is 14.6. The number of carbonyl (C=O) groups is 2. The van der Waals surface area contributed by atoms with Gasteiger partial charge in [0.25, 0.3) is 10.0 Å². The average Bonchev–Trinajstić information content (AvgIpc) is 2.98. The molecule has 0 unspecified atom stereocenters. The number of sulfonamides is 1. The smallest absolute Gasteiger partial charge is 0.264 e. The van der Waals surface area contributed by atoms with E-state index in [-0.39, 0.29) is 23.4 Å². The third-order valence-corrected chi connectivity index (χ3v) is 9.89. The summed E-state index contributed by atoms with van der Waals surface area (Å²) in [6, 6.07) is 16.9. The van der Waals surface area contributed by atoms with Gasteiger partial charge in [-0.05, 0) is 81.5 Å². The first kappa shape index (κ1) is 32.2. The Labute approximate surface area is 255 Å². The maximum atomic E-state index is 14.3. The first-order valence-electron chi connectivity index (χ1n) is 15.0. The van der Waals surface area contributed by atoms with Gasteiger partial charge in [-0.2, -0.15) is 0 Å². The minimum Gasteiger partial charge on any atom is -0.352 e. The van der Waals surface area contributed by atoms with Gasteiger partial charge in [-0.15, -0.1) is 0 Å². The number of benzene rings is 3. The van der Waals surface area contributed by atoms with Crippen molar-refractivity contribution in [2.45, 2.75) is 89.7 Å². The number of rotatable bonds is 11. The number of hydrogen-bond acceptors (Lipinski definition) is 4. The largest absolute Gasteiger partial charge is 0.352 e. The van der Waals surface area contributed by atoms with Crippen LogP contribution in [0.15, 0.2) is 71.6 Å². The minimum absolute atomic E-state index is 0.0288. The number of carbonyl (C=O) groups excluding carboxylic acids is 2. The predicted octanol–water partition coefficient (Wildman–Crippen LogP) is 6.20. The molecule has 4 rings (SSSR count). The molecule has 0 radical (unpaired) electrons. The van der Waals surface area contributed by atoms with E-state index in [2.05, 4.69) is 5.32 Å². The first-order chi connectivity index (χ1) is 20.5. The van der Waals surface area contributed by atoms with Crippen molar-refractivity contribution in [1.82, 2.24) is 10.2 Å². The van der Waals surface area contributed by atoms with Gasteiger partial charge < -0.3 is 10.2 Å². The lowest BCUT2D eigenvalue weighted by molar-refractivity contribution is -0.140. The summed E-state index contributed by atoms with van der Waals surface area (Å²) in [5.41, 5.74) is 3.60. The monoisotopic (exact) mass is 607 g/mol. The molecule has 1 aliphatic carbocycles. The van der Waals surface area contributed by atoms with Crippen LogP contribution in [0.5, 0.6) is 0 Å². The quantitative estimate of drug-likeness (QED) is 0.281. The molecule has 1 N–H and O–H groups in total. The van der Waals surface area contributed by atoms with E-state index in [0.717, 1.165) is 47.5 Å². The Kier molecular flexibility index (Phi) is 10.6. The van der Waals surface area contributed by atoms with E-state index in [1.807, 2.05) is 39.8 Å². The van der Waals surface area contributed by atoms with Crippen molar-refractivity contribution >= 4 is 27.5 Å². The van der Waals surface area contributed by atoms with Gasteiger partial charge in [0, 0.05) is 12.6 Å². The number of nitrogens with one attached hydrogen (secondary N) is 1. The van der Waals surface area contributed by atoms with Crippen LogP contribution in [-0.4, -0.2) is 43.8 Å². The second-order valence-corrected chi connectivity index (χ2v) is 13.4. The molecule has 0 aliphatic heterocycles. The summed E-state index contributed by atoms with van der Waals surface area (Å²) in [5.74, 6) is -1.19. The molecule has 0 aromatic heterocycles. The van der Waals surface area contributed by atoms with Crippen molar-refractivity contribution in [2.24, 2.45) is 0 Å². The molecule has 43 heavy (non-hydrogen) atoms. The molecular formula is C34H42FN3O4S. The molecule has 1 fully saturated rings. The van der Waals surface area contributed by atoms with Crippen LogP contribution in [0.4, 0.5) is 10.1 Å². The maximum absolute atomic E-state index is 14.3. The average molecular weight is 608 g/mol. The van der Waals surface area contributed by atoms with E-state index in [1.54, 1.807) is 30.3 Å². The van der Waals surface area contributed by atoms with Crippen molar-refractivity contribution in [3.05, 3.63) is 94.8 Å². The van der Waals surface area contributed by atoms with Crippen molar-refractivity contribution in [2.75, 3.05) is 10.8 Å². The van der Waals surface area contributed by atoms with E-state index in [4.69, 9.17) is 0 Å². The Morgan fingerprint density at radius 2 is 1.53 bits per heavy atom. The Morgan fingerprint density at radius 1 is 0.907 bits per heavy atom. The molecule has 230 valence electrons. The number of nitrogens with zero attached hydrogens (tertiary/aromatic N) is 2. The predicted molar refractivity (Wildman–Crippen MR) is 168 cm³/mol. The zero-order valence-electron chi connectivity index (χ0n) is 25.5. The second kappa shape index (κ2) is 14.2. The van der Waals surface area contributed by atoms with Crippen molar-refractivity contribution in [1.29, 1.82) is 0 Å². The second-order valence-electron chi connectivity index (χ2n) is 11.5. The molecule has 9 heteroatoms. The Bertz CT molecular complexity index is 1520. The standard InChI is InChI=1S/C34H42FN3O4S/c1-5-31(34(40)36-29-9-7-6-8-10-29)37(22-27-14-16-28(35)17-15-27)33(39)23-38(32-20-13-25(3)21-26(32)4)43(41,42)30-18-11-24(2)12-19-30/h11-21,29,31H,5-10,22-23H2,1-4H3,(H,36,40)/t31-/m1/s1. The maximum Gasteiger partial charge on any atom is 0.264 e. The fraction of sp³-hybridized carbons (Fsp3) is 0.412. The Hall–Kier alpha value is -3.72. The number of halogens is 1. The highest BCUT2D eigenvalue weighted by atomic mass is 32.2. The summed E-state index contributed by atoms with van der Waals surface area (Å²) in [6.45, 7) is 6.96. The topological polar surface area (TPSA) is 86.8 Å². The number of amides is 2. The van der Waals surface area contributed by atoms with Gasteiger partial charge in [-0.3, -0.25) is 13.9 Å². The van der Waals surface area contributed by atoms with Crippen molar-refractivity contribution < 1.29 is 22.4 Å². The molecule has 3 aromatic carbocycles. The van der Waals surface area contributed by atoms with E-state index in [1.165, 1.54) is 29.2 Å². The zero-order valence-corrected chi connectivity index (χ0v) is 26.3. The molecule has 0 saturated heterocycles. The lowest BCUT2D eigenvalue weighted by Gasteiger charge is -2.34. The van der Waals surface area contributed by atoms with Gasteiger partial charge in [-0.25, -0.2) is 12.8 Å². The van der Waals surface area contributed by atoms with Crippen LogP contribution in [0.1, 0.15) is 67.7 Å². The summed E-state index contributed by atoms with van der Waals surface area (Å²) >= 11 is 0. The summed E-state index contributed by atoms with van der Waals surface area (Å²) in [5, 5.41) is 3.14. The Morgan fingerprint density at radius 3 is 2.14 bits per heavy atom. The molecule has 0 heterocycles. The number of aryl methyl sites for hydroxylation is 3. The van der Waals surface area contributed by atoms with E-state index >= 15 is 0 Å². The molecule has 7 nitrogen and oxygen atoms in total. The fourth-order valence-corrected chi connectivity index (χ4v) is 7.17. The lowest BCUT2D eigenvalue weighted by Crippen LogP contribution is -2.54. The van der Waals surface area contributed by atoms with Gasteiger partial charge >= 0.3 is 0 Å². The SMILES string of the molecule is CC[C@H](C(=O)NC1CCCCC1)N(Cc1ccc(F)cc1)C(=O)CN(c1ccc(C)cc1C)S(=O)(=O)c1ccc(C)cc1. The lowest BCUT2D eigenvalue weighted by atomic mass is 9.95. The van der Waals surface area contributed by atoms with Crippen LogP contribution in [0.25, 0.3) is 0 Å². The van der Waals surface area contributed by atoms with Crippen LogP contribution < -0.4 is 9.62 Å². The number of anilines is 1. The van der Waals surface area contributed by atoms with Gasteiger partial charge in [0.15, 0.2) is 0 Å². The highest BCUT2D eigenvalue weighted by molar-refractivity contribution is 7.92. The summed E-state index contributed by atoms with van der Waals surface area (Å²) in [4.78, 5) is 29.4. The van der Waals surface area contributed by atoms with Crippen LogP contribution in [0, 0.1) is 26.6 Å². The van der Waals surface area contributed by atoms with E-state index in [9.17, 15) is 22.4 Å². The van der Waals surface area contributed by atoms with Crippen LogP contribution in [-0.2, 0) is 26.2 Å². The van der Waals surface area contributed by atoms with Crippen LogP contribution in [0.2, 0.25) is 0 Å². The molecule has 0 bridgehead atoms. The first-order valence-corrected chi connectivity index (χ1v) is 16.4. The number of hydrogen-bond donors (Lipinski definition) is 1. The van der Waals surface area contributed by atoms with Gasteiger partial charge in [0.05, 0.1) is 10.6 Å². The third-order valence-electron chi connectivity index (χ3n) is 8.11. The minimum atomic E-state index is -4.15. The van der Waals surface area contributed by atoms with E-state index < -0.39 is 34.3 Å². The van der Waals surface area contributed by atoms with Gasteiger partial charge in [0.1, 0.15) is 18.4 Å². The van der Waals surface area contributed by atoms with Crippen LogP contribution >= 0.6 is 0 Å². The Balaban J connectivity index is 1.72. The molecule has 1 aliphatic rings. The highest BCUT2D eigenvalue weighted by Gasteiger charge is 2.35. The summed E-state index contributed by atoms with van der Waals surface area (Å²) < 4.78 is 43.1. The molecular weight excluding hydrogens is 565 g/mol.